The maximum atomic E-state index is 12.0. The topological polar surface area (TPSA) is 84.2 Å². The smallest absolute Gasteiger partial charge is 0.259 e. The summed E-state index contributed by atoms with van der Waals surface area (Å²) in [6.45, 7) is 0.235. The summed E-state index contributed by atoms with van der Waals surface area (Å²) < 4.78 is 28.1. The molecule has 8 heteroatoms. The highest BCUT2D eigenvalue weighted by molar-refractivity contribution is 7.89. The molecule has 0 aliphatic heterocycles. The summed E-state index contributed by atoms with van der Waals surface area (Å²) in [5, 5.41) is 10.5. The van der Waals surface area contributed by atoms with Gasteiger partial charge in [-0.25, -0.2) is 18.1 Å². The molecule has 0 unspecified atom stereocenters. The van der Waals surface area contributed by atoms with E-state index < -0.39 is 10.0 Å². The van der Waals surface area contributed by atoms with Gasteiger partial charge in [0, 0.05) is 42.0 Å². The fraction of sp³-hybridized carbons (Fsp3) is 0.308. The molecule has 0 amide bonds. The minimum absolute atomic E-state index is 0.00418. The van der Waals surface area contributed by atoms with Gasteiger partial charge < -0.3 is 9.67 Å². The summed E-state index contributed by atoms with van der Waals surface area (Å²) in [6, 6.07) is 1.83. The van der Waals surface area contributed by atoms with Gasteiger partial charge in [0.1, 0.15) is 0 Å². The molecule has 21 heavy (non-hydrogen) atoms. The molecule has 2 N–H and O–H groups in total. The Morgan fingerprint density at radius 3 is 3.00 bits per heavy atom. The molecule has 0 radical (unpaired) electrons. The summed E-state index contributed by atoms with van der Waals surface area (Å²) in [5.41, 5.74) is 0.820. The van der Waals surface area contributed by atoms with Gasteiger partial charge in [0.2, 0.25) is 0 Å². The minimum atomic E-state index is -3.59. The number of aromatic nitrogens is 2. The summed E-state index contributed by atoms with van der Waals surface area (Å²) in [6.07, 6.45) is 3.31. The van der Waals surface area contributed by atoms with Gasteiger partial charge in [-0.1, -0.05) is 11.8 Å². The van der Waals surface area contributed by atoms with Gasteiger partial charge in [-0.3, -0.25) is 0 Å². The van der Waals surface area contributed by atoms with E-state index in [0.29, 0.717) is 6.42 Å². The van der Waals surface area contributed by atoms with E-state index in [0.717, 1.165) is 10.4 Å². The maximum Gasteiger partial charge on any atom is 0.259 e. The predicted octanol–water partition coefficient (Wildman–Crippen LogP) is 0.694. The number of nitrogens with zero attached hydrogens (tertiary/aromatic N) is 2. The number of thiophene rings is 1. The number of aliphatic hydroxyl groups excluding tert-OH is 1. The summed E-state index contributed by atoms with van der Waals surface area (Å²) >= 11 is 1.43. The number of nitrogens with one attached hydrogen (secondary N) is 1. The first-order valence-corrected chi connectivity index (χ1v) is 8.52. The van der Waals surface area contributed by atoms with Crippen molar-refractivity contribution in [2.75, 3.05) is 6.61 Å². The zero-order chi connectivity index (χ0) is 15.3. The fourth-order valence-corrected chi connectivity index (χ4v) is 3.36. The first-order valence-electron chi connectivity index (χ1n) is 6.16. The van der Waals surface area contributed by atoms with E-state index in [4.69, 9.17) is 5.11 Å². The zero-order valence-electron chi connectivity index (χ0n) is 11.4. The van der Waals surface area contributed by atoms with E-state index in [-0.39, 0.29) is 18.2 Å². The van der Waals surface area contributed by atoms with Gasteiger partial charge in [-0.15, -0.1) is 11.3 Å². The largest absolute Gasteiger partial charge is 0.395 e. The Morgan fingerprint density at radius 1 is 1.52 bits per heavy atom. The normalized spacial score (nSPS) is 11.1. The van der Waals surface area contributed by atoms with Gasteiger partial charge >= 0.3 is 0 Å². The van der Waals surface area contributed by atoms with Crippen molar-refractivity contribution in [1.29, 1.82) is 0 Å². The van der Waals surface area contributed by atoms with Crippen LogP contribution < -0.4 is 4.72 Å². The first kappa shape index (κ1) is 15.7. The third-order valence-corrected chi connectivity index (χ3v) is 4.74. The molecule has 112 valence electrons. The van der Waals surface area contributed by atoms with Crippen LogP contribution in [0.2, 0.25) is 0 Å². The average Bonchev–Trinajstić information content (AvgIpc) is 3.06. The Kier molecular flexibility index (Phi) is 5.14. The second kappa shape index (κ2) is 6.87. The fourth-order valence-electron chi connectivity index (χ4n) is 1.53. The number of aliphatic hydroxyl groups is 1. The molecule has 2 aromatic rings. The molecule has 0 aliphatic carbocycles. The minimum Gasteiger partial charge on any atom is -0.395 e. The van der Waals surface area contributed by atoms with Crippen molar-refractivity contribution in [3.8, 4) is 11.8 Å². The predicted molar refractivity (Wildman–Crippen MR) is 80.1 cm³/mol. The highest BCUT2D eigenvalue weighted by Gasteiger charge is 2.16. The molecule has 2 aromatic heterocycles. The number of aryl methyl sites for hydroxylation is 1. The van der Waals surface area contributed by atoms with Gasteiger partial charge in [0.05, 0.1) is 12.9 Å². The quantitative estimate of drug-likeness (QED) is 0.793. The van der Waals surface area contributed by atoms with Crippen LogP contribution >= 0.6 is 11.3 Å². The van der Waals surface area contributed by atoms with Crippen molar-refractivity contribution in [3.05, 3.63) is 34.4 Å². The molecule has 2 rings (SSSR count). The van der Waals surface area contributed by atoms with Crippen molar-refractivity contribution in [1.82, 2.24) is 14.3 Å². The second-order valence-corrected chi connectivity index (χ2v) is 6.99. The molecular weight excluding hydrogens is 310 g/mol. The molecule has 0 saturated carbocycles. The van der Waals surface area contributed by atoms with Crippen molar-refractivity contribution in [3.63, 3.8) is 0 Å². The van der Waals surface area contributed by atoms with E-state index in [1.165, 1.54) is 23.9 Å². The Morgan fingerprint density at radius 2 is 2.33 bits per heavy atom. The number of imidazole rings is 1. The van der Waals surface area contributed by atoms with Gasteiger partial charge in [0.25, 0.3) is 10.0 Å². The van der Waals surface area contributed by atoms with E-state index in [9.17, 15) is 8.42 Å². The number of hydrogen-bond acceptors (Lipinski definition) is 5. The number of rotatable bonds is 5. The molecule has 0 atom stereocenters. The molecule has 0 fully saturated rings. The lowest BCUT2D eigenvalue weighted by Gasteiger charge is -2.01. The second-order valence-electron chi connectivity index (χ2n) is 4.28. The number of hydrogen-bond donors (Lipinski definition) is 2. The van der Waals surface area contributed by atoms with E-state index in [1.807, 2.05) is 11.4 Å². The van der Waals surface area contributed by atoms with E-state index >= 15 is 0 Å². The maximum absolute atomic E-state index is 12.0. The number of sulfonamides is 1. The van der Waals surface area contributed by atoms with Crippen molar-refractivity contribution < 1.29 is 13.5 Å². The lowest BCUT2D eigenvalue weighted by Crippen LogP contribution is -2.23. The van der Waals surface area contributed by atoms with Crippen LogP contribution in [0.3, 0.4) is 0 Å². The third-order valence-electron chi connectivity index (χ3n) is 2.52. The van der Waals surface area contributed by atoms with Crippen LogP contribution in [0.25, 0.3) is 0 Å². The standard InChI is InChI=1S/C13H15N3O3S2/c1-16-8-13(14-10-16)21(18,19)15-7-12-6-11(9-20-12)4-2-3-5-17/h6,8-10,15,17H,3,5,7H2,1H3. The molecule has 0 spiro atoms. The van der Waals surface area contributed by atoms with Crippen LogP contribution in [0.5, 0.6) is 0 Å². The lowest BCUT2D eigenvalue weighted by molar-refractivity contribution is 0.305. The zero-order valence-corrected chi connectivity index (χ0v) is 13.0. The van der Waals surface area contributed by atoms with Crippen LogP contribution in [-0.4, -0.2) is 29.7 Å². The van der Waals surface area contributed by atoms with Crippen LogP contribution in [-0.2, 0) is 23.6 Å². The van der Waals surface area contributed by atoms with Crippen LogP contribution in [0.15, 0.2) is 29.0 Å². The molecule has 0 saturated heterocycles. The Labute approximate surface area is 127 Å². The molecule has 6 nitrogen and oxygen atoms in total. The molecule has 2 heterocycles. The van der Waals surface area contributed by atoms with Gasteiger partial charge in [-0.05, 0) is 6.07 Å². The molecule has 0 bridgehead atoms. The van der Waals surface area contributed by atoms with Gasteiger partial charge in [0.15, 0.2) is 5.03 Å². The third kappa shape index (κ3) is 4.41. The first-order chi connectivity index (χ1) is 10.0. The highest BCUT2D eigenvalue weighted by Crippen LogP contribution is 2.15. The van der Waals surface area contributed by atoms with Crippen molar-refractivity contribution in [2.24, 2.45) is 7.05 Å². The van der Waals surface area contributed by atoms with E-state index in [2.05, 4.69) is 21.5 Å². The Hall–Kier alpha value is -1.66. The summed E-state index contributed by atoms with van der Waals surface area (Å²) in [4.78, 5) is 4.69. The van der Waals surface area contributed by atoms with Crippen LogP contribution in [0, 0.1) is 11.8 Å². The highest BCUT2D eigenvalue weighted by atomic mass is 32.2. The Bertz CT molecular complexity index is 766. The molecular formula is C13H15N3O3S2. The lowest BCUT2D eigenvalue weighted by atomic mass is 10.3. The van der Waals surface area contributed by atoms with Gasteiger partial charge in [-0.2, -0.15) is 0 Å². The average molecular weight is 325 g/mol. The Balaban J connectivity index is 1.99. The molecule has 0 aromatic carbocycles. The summed E-state index contributed by atoms with van der Waals surface area (Å²) in [7, 11) is -1.88. The molecule has 0 aliphatic rings. The van der Waals surface area contributed by atoms with Crippen LogP contribution in [0.1, 0.15) is 16.9 Å². The van der Waals surface area contributed by atoms with Crippen molar-refractivity contribution >= 4 is 21.4 Å². The van der Waals surface area contributed by atoms with E-state index in [1.54, 1.807) is 11.6 Å². The van der Waals surface area contributed by atoms with Crippen LogP contribution in [0.4, 0.5) is 0 Å². The SMILES string of the molecule is Cn1cnc(S(=O)(=O)NCc2cc(C#CCCO)cs2)c1. The summed E-state index contributed by atoms with van der Waals surface area (Å²) in [5.74, 6) is 5.73. The van der Waals surface area contributed by atoms with Crippen molar-refractivity contribution in [2.45, 2.75) is 18.0 Å². The monoisotopic (exact) mass is 325 g/mol.